The summed E-state index contributed by atoms with van der Waals surface area (Å²) in [4.78, 5) is 2.60. The molecule has 116 valence electrons. The minimum atomic E-state index is 0.565. The van der Waals surface area contributed by atoms with E-state index in [0.717, 1.165) is 26.2 Å². The summed E-state index contributed by atoms with van der Waals surface area (Å²) in [5, 5.41) is 3.66. The zero-order valence-electron chi connectivity index (χ0n) is 13.2. The van der Waals surface area contributed by atoms with Gasteiger partial charge in [-0.25, -0.2) is 0 Å². The highest BCUT2D eigenvalue weighted by Gasteiger charge is 2.23. The highest BCUT2D eigenvalue weighted by Crippen LogP contribution is 2.20. The number of fused-ring (bicyclic) bond motifs is 1. The van der Waals surface area contributed by atoms with Gasteiger partial charge in [0.2, 0.25) is 0 Å². The predicted octanol–water partition coefficient (Wildman–Crippen LogP) is 1.14. The molecule has 0 saturated carbocycles. The fraction of sp³-hybridized carbons (Fsp3) is 0.647. The molecular weight excluding hydrogens is 260 g/mol. The average Bonchev–Trinajstić information content (AvgIpc) is 2.92. The van der Waals surface area contributed by atoms with Gasteiger partial charge in [-0.15, -0.1) is 0 Å². The van der Waals surface area contributed by atoms with Crippen LogP contribution in [0.25, 0.3) is 0 Å². The van der Waals surface area contributed by atoms with Gasteiger partial charge in [0.15, 0.2) is 0 Å². The topological polar surface area (TPSA) is 39.3 Å². The van der Waals surface area contributed by atoms with Crippen LogP contribution in [-0.2, 0) is 13.0 Å². The van der Waals surface area contributed by atoms with Gasteiger partial charge in [-0.2, -0.15) is 0 Å². The summed E-state index contributed by atoms with van der Waals surface area (Å²) in [6.07, 6.45) is 1.19. The van der Waals surface area contributed by atoms with E-state index < -0.39 is 0 Å². The third kappa shape index (κ3) is 3.64. The molecular formula is C17H28N4. The standard InChI is InChI=1S/C17H28N4/c1-13(9-18-10-17-11-19-20-14(17)2)21-8-7-15-5-3-4-6-16(15)12-21/h3-6,13-14,17-20H,7-12H2,1-2H3. The van der Waals surface area contributed by atoms with Crippen molar-refractivity contribution < 1.29 is 0 Å². The van der Waals surface area contributed by atoms with Gasteiger partial charge in [0.1, 0.15) is 0 Å². The van der Waals surface area contributed by atoms with Crippen LogP contribution >= 0.6 is 0 Å². The molecule has 0 radical (unpaired) electrons. The normalized spacial score (nSPS) is 27.5. The van der Waals surface area contributed by atoms with Crippen LogP contribution < -0.4 is 16.2 Å². The maximum Gasteiger partial charge on any atom is 0.0239 e. The van der Waals surface area contributed by atoms with Crippen molar-refractivity contribution in [3.8, 4) is 0 Å². The molecule has 0 spiro atoms. The molecule has 2 aliphatic rings. The van der Waals surface area contributed by atoms with Crippen LogP contribution in [-0.4, -0.2) is 43.2 Å². The first-order valence-corrected chi connectivity index (χ1v) is 8.24. The molecule has 21 heavy (non-hydrogen) atoms. The first-order chi connectivity index (χ1) is 10.2. The van der Waals surface area contributed by atoms with Crippen LogP contribution in [0, 0.1) is 5.92 Å². The van der Waals surface area contributed by atoms with Crippen LogP contribution in [0.15, 0.2) is 24.3 Å². The highest BCUT2D eigenvalue weighted by atomic mass is 15.4. The molecule has 0 bridgehead atoms. The van der Waals surface area contributed by atoms with Crippen LogP contribution in [0.4, 0.5) is 0 Å². The Morgan fingerprint density at radius 2 is 2.14 bits per heavy atom. The fourth-order valence-corrected chi connectivity index (χ4v) is 3.40. The van der Waals surface area contributed by atoms with Gasteiger partial charge in [0, 0.05) is 50.7 Å². The molecule has 1 aromatic rings. The summed E-state index contributed by atoms with van der Waals surface area (Å²) < 4.78 is 0. The van der Waals surface area contributed by atoms with Gasteiger partial charge in [0.25, 0.3) is 0 Å². The van der Waals surface area contributed by atoms with E-state index in [-0.39, 0.29) is 0 Å². The minimum absolute atomic E-state index is 0.565. The molecule has 3 rings (SSSR count). The average molecular weight is 288 g/mol. The van der Waals surface area contributed by atoms with Crippen LogP contribution in [0.5, 0.6) is 0 Å². The van der Waals surface area contributed by atoms with Gasteiger partial charge in [-0.3, -0.25) is 15.8 Å². The van der Waals surface area contributed by atoms with E-state index in [0.29, 0.717) is 18.0 Å². The molecule has 0 aliphatic carbocycles. The van der Waals surface area contributed by atoms with Crippen LogP contribution in [0.3, 0.4) is 0 Å². The number of hydrogen-bond donors (Lipinski definition) is 3. The van der Waals surface area contributed by atoms with E-state index in [4.69, 9.17) is 0 Å². The monoisotopic (exact) mass is 288 g/mol. The molecule has 3 N–H and O–H groups in total. The lowest BCUT2D eigenvalue weighted by molar-refractivity contribution is 0.185. The number of nitrogens with zero attached hydrogens (tertiary/aromatic N) is 1. The molecule has 4 nitrogen and oxygen atoms in total. The summed E-state index contributed by atoms with van der Waals surface area (Å²) in [6, 6.07) is 10.0. The van der Waals surface area contributed by atoms with Crippen molar-refractivity contribution in [2.45, 2.75) is 38.9 Å². The maximum atomic E-state index is 3.66. The lowest BCUT2D eigenvalue weighted by Crippen LogP contribution is -2.44. The molecule has 1 fully saturated rings. The Balaban J connectivity index is 1.45. The number of hydrogen-bond acceptors (Lipinski definition) is 4. The third-order valence-electron chi connectivity index (χ3n) is 5.03. The van der Waals surface area contributed by atoms with E-state index in [1.54, 1.807) is 0 Å². The Morgan fingerprint density at radius 3 is 2.90 bits per heavy atom. The Hall–Kier alpha value is -0.940. The third-order valence-corrected chi connectivity index (χ3v) is 5.03. The Bertz CT molecular complexity index is 462. The van der Waals surface area contributed by atoms with Crippen molar-refractivity contribution in [1.82, 2.24) is 21.1 Å². The van der Waals surface area contributed by atoms with E-state index in [9.17, 15) is 0 Å². The summed E-state index contributed by atoms with van der Waals surface area (Å²) in [6.45, 7) is 10.1. The summed E-state index contributed by atoms with van der Waals surface area (Å²) in [5.41, 5.74) is 9.56. The van der Waals surface area contributed by atoms with E-state index in [2.05, 4.69) is 59.2 Å². The lowest BCUT2D eigenvalue weighted by atomic mass is 9.99. The molecule has 0 aromatic heterocycles. The van der Waals surface area contributed by atoms with E-state index >= 15 is 0 Å². The van der Waals surface area contributed by atoms with Crippen molar-refractivity contribution in [2.24, 2.45) is 5.92 Å². The lowest BCUT2D eigenvalue weighted by Gasteiger charge is -2.34. The largest absolute Gasteiger partial charge is 0.315 e. The van der Waals surface area contributed by atoms with E-state index in [1.165, 1.54) is 24.1 Å². The van der Waals surface area contributed by atoms with Gasteiger partial charge in [0.05, 0.1) is 0 Å². The van der Waals surface area contributed by atoms with Gasteiger partial charge in [-0.05, 0) is 31.4 Å². The first-order valence-electron chi connectivity index (χ1n) is 8.24. The Kier molecular flexibility index (Phi) is 4.91. The Labute approximate surface area is 128 Å². The molecule has 0 amide bonds. The van der Waals surface area contributed by atoms with Crippen molar-refractivity contribution in [3.63, 3.8) is 0 Å². The van der Waals surface area contributed by atoms with Crippen molar-refractivity contribution in [2.75, 3.05) is 26.2 Å². The van der Waals surface area contributed by atoms with Crippen molar-refractivity contribution in [3.05, 3.63) is 35.4 Å². The second kappa shape index (κ2) is 6.88. The van der Waals surface area contributed by atoms with Crippen molar-refractivity contribution >= 4 is 0 Å². The first kappa shape index (κ1) is 15.0. The summed E-state index contributed by atoms with van der Waals surface area (Å²) in [7, 11) is 0. The molecule has 2 aliphatic heterocycles. The van der Waals surface area contributed by atoms with Gasteiger partial charge in [-0.1, -0.05) is 24.3 Å². The van der Waals surface area contributed by atoms with Gasteiger partial charge >= 0.3 is 0 Å². The van der Waals surface area contributed by atoms with Crippen LogP contribution in [0.2, 0.25) is 0 Å². The number of nitrogens with one attached hydrogen (secondary N) is 3. The number of benzene rings is 1. The quantitative estimate of drug-likeness (QED) is 0.760. The molecule has 3 unspecified atom stereocenters. The second-order valence-electron chi connectivity index (χ2n) is 6.57. The zero-order valence-corrected chi connectivity index (χ0v) is 13.2. The van der Waals surface area contributed by atoms with E-state index in [1.807, 2.05) is 0 Å². The number of hydrazine groups is 1. The molecule has 3 atom stereocenters. The van der Waals surface area contributed by atoms with Crippen LogP contribution in [0.1, 0.15) is 25.0 Å². The predicted molar refractivity (Wildman–Crippen MR) is 87.0 cm³/mol. The molecule has 1 saturated heterocycles. The molecule has 1 aromatic carbocycles. The molecule has 4 heteroatoms. The number of rotatable bonds is 5. The SMILES string of the molecule is CC1NNCC1CNCC(C)N1CCc2ccccc2C1. The Morgan fingerprint density at radius 1 is 1.33 bits per heavy atom. The molecule has 2 heterocycles. The maximum absolute atomic E-state index is 3.66. The smallest absolute Gasteiger partial charge is 0.0239 e. The summed E-state index contributed by atoms with van der Waals surface area (Å²) in [5.74, 6) is 0.694. The summed E-state index contributed by atoms with van der Waals surface area (Å²) >= 11 is 0. The van der Waals surface area contributed by atoms with Crippen molar-refractivity contribution in [1.29, 1.82) is 0 Å². The second-order valence-corrected chi connectivity index (χ2v) is 6.57. The van der Waals surface area contributed by atoms with Gasteiger partial charge < -0.3 is 5.32 Å². The fourth-order valence-electron chi connectivity index (χ4n) is 3.40. The highest BCUT2D eigenvalue weighted by molar-refractivity contribution is 5.29. The zero-order chi connectivity index (χ0) is 14.7. The minimum Gasteiger partial charge on any atom is -0.315 e.